The number of fused-ring (bicyclic) bond motifs is 1. The van der Waals surface area contributed by atoms with E-state index < -0.39 is 5.97 Å². The molecule has 2 aromatic carbocycles. The van der Waals surface area contributed by atoms with Gasteiger partial charge in [0.2, 0.25) is 0 Å². The summed E-state index contributed by atoms with van der Waals surface area (Å²) in [6, 6.07) is 14.7. The molecule has 0 aliphatic carbocycles. The SMILES string of the molecule is CC[C@H](C)NC(=O)COC(=O)c1c(C)c(-c2cccc(Cl)c2)nc2ccccc12. The van der Waals surface area contributed by atoms with Gasteiger partial charge in [-0.15, -0.1) is 0 Å². The largest absolute Gasteiger partial charge is 0.452 e. The van der Waals surface area contributed by atoms with E-state index in [1.54, 1.807) is 12.1 Å². The van der Waals surface area contributed by atoms with Crippen LogP contribution in [0.15, 0.2) is 48.5 Å². The van der Waals surface area contributed by atoms with Crippen molar-refractivity contribution >= 4 is 34.4 Å². The number of esters is 1. The minimum Gasteiger partial charge on any atom is -0.452 e. The second-order valence-electron chi connectivity index (χ2n) is 6.94. The molecule has 1 atom stereocenters. The number of hydrogen-bond donors (Lipinski definition) is 1. The van der Waals surface area contributed by atoms with Gasteiger partial charge in [-0.05, 0) is 44.0 Å². The normalized spacial score (nSPS) is 11.9. The van der Waals surface area contributed by atoms with Gasteiger partial charge in [-0.2, -0.15) is 0 Å². The van der Waals surface area contributed by atoms with Crippen molar-refractivity contribution in [1.82, 2.24) is 10.3 Å². The molecule has 0 aliphatic rings. The predicted molar refractivity (Wildman–Crippen MR) is 115 cm³/mol. The third-order valence-electron chi connectivity index (χ3n) is 4.79. The van der Waals surface area contributed by atoms with E-state index in [1.807, 2.05) is 57.2 Å². The Morgan fingerprint density at radius 2 is 1.93 bits per heavy atom. The summed E-state index contributed by atoms with van der Waals surface area (Å²) < 4.78 is 5.33. The number of aromatic nitrogens is 1. The van der Waals surface area contributed by atoms with Crippen LogP contribution in [0.5, 0.6) is 0 Å². The molecule has 0 radical (unpaired) electrons. The molecule has 5 nitrogen and oxygen atoms in total. The minimum atomic E-state index is -0.552. The van der Waals surface area contributed by atoms with Gasteiger partial charge in [0.1, 0.15) is 0 Å². The number of carbonyl (C=O) groups excluding carboxylic acids is 2. The number of halogens is 1. The molecule has 3 aromatic rings. The molecule has 0 bridgehead atoms. The number of hydrogen-bond acceptors (Lipinski definition) is 4. The van der Waals surface area contributed by atoms with E-state index in [4.69, 9.17) is 21.3 Å². The van der Waals surface area contributed by atoms with Crippen molar-refractivity contribution in [1.29, 1.82) is 0 Å². The van der Waals surface area contributed by atoms with Crippen LogP contribution >= 0.6 is 11.6 Å². The first kappa shape index (κ1) is 20.8. The molecule has 6 heteroatoms. The molecule has 0 aliphatic heterocycles. The lowest BCUT2D eigenvalue weighted by molar-refractivity contribution is -0.124. The highest BCUT2D eigenvalue weighted by Gasteiger charge is 2.21. The van der Waals surface area contributed by atoms with Gasteiger partial charge in [0.25, 0.3) is 5.91 Å². The second-order valence-corrected chi connectivity index (χ2v) is 7.38. The maximum absolute atomic E-state index is 12.9. The summed E-state index contributed by atoms with van der Waals surface area (Å²) >= 11 is 6.14. The Kier molecular flexibility index (Phi) is 6.49. The molecule has 0 saturated heterocycles. The van der Waals surface area contributed by atoms with Gasteiger partial charge in [-0.1, -0.05) is 48.9 Å². The van der Waals surface area contributed by atoms with Gasteiger partial charge < -0.3 is 10.1 Å². The Bertz CT molecular complexity index is 1070. The smallest absolute Gasteiger partial charge is 0.339 e. The standard InChI is InChI=1S/C23H23ClN2O3/c1-4-14(2)25-20(27)13-29-23(28)21-15(3)22(16-8-7-9-17(24)12-16)26-19-11-6-5-10-18(19)21/h5-12,14H,4,13H2,1-3H3,(H,25,27)/t14-/m0/s1. The van der Waals surface area contributed by atoms with Gasteiger partial charge >= 0.3 is 5.97 Å². The number of benzene rings is 2. The van der Waals surface area contributed by atoms with E-state index in [9.17, 15) is 9.59 Å². The number of para-hydroxylation sites is 1. The Balaban J connectivity index is 1.99. The van der Waals surface area contributed by atoms with Crippen molar-refractivity contribution in [2.75, 3.05) is 6.61 Å². The van der Waals surface area contributed by atoms with E-state index in [2.05, 4.69) is 5.32 Å². The molecule has 3 rings (SSSR count). The summed E-state index contributed by atoms with van der Waals surface area (Å²) in [6.07, 6.45) is 0.802. The molecule has 150 valence electrons. The topological polar surface area (TPSA) is 68.3 Å². The van der Waals surface area contributed by atoms with E-state index in [-0.39, 0.29) is 18.6 Å². The first-order valence-electron chi connectivity index (χ1n) is 9.52. The molecule has 1 heterocycles. The van der Waals surface area contributed by atoms with Crippen LogP contribution in [-0.2, 0) is 9.53 Å². The summed E-state index contributed by atoms with van der Waals surface area (Å²) in [7, 11) is 0. The van der Waals surface area contributed by atoms with E-state index in [1.165, 1.54) is 0 Å². The van der Waals surface area contributed by atoms with Crippen molar-refractivity contribution in [2.45, 2.75) is 33.2 Å². The highest BCUT2D eigenvalue weighted by molar-refractivity contribution is 6.30. The Labute approximate surface area is 175 Å². The predicted octanol–water partition coefficient (Wildman–Crippen LogP) is 4.94. The van der Waals surface area contributed by atoms with Crippen LogP contribution in [0.1, 0.15) is 36.2 Å². The lowest BCUT2D eigenvalue weighted by atomic mass is 9.98. The fraction of sp³-hybridized carbons (Fsp3) is 0.261. The van der Waals surface area contributed by atoms with Crippen LogP contribution in [0, 0.1) is 6.92 Å². The average Bonchev–Trinajstić information content (AvgIpc) is 2.71. The van der Waals surface area contributed by atoms with Crippen molar-refractivity contribution in [3.05, 3.63) is 64.7 Å². The Morgan fingerprint density at radius 1 is 1.17 bits per heavy atom. The van der Waals surface area contributed by atoms with Crippen LogP contribution in [0.25, 0.3) is 22.2 Å². The number of ether oxygens (including phenoxy) is 1. The van der Waals surface area contributed by atoms with Crippen molar-refractivity contribution in [3.63, 3.8) is 0 Å². The quantitative estimate of drug-likeness (QED) is 0.584. The molecule has 1 aromatic heterocycles. The van der Waals surface area contributed by atoms with Crippen LogP contribution in [0.2, 0.25) is 5.02 Å². The van der Waals surface area contributed by atoms with E-state index >= 15 is 0 Å². The van der Waals surface area contributed by atoms with Crippen LogP contribution < -0.4 is 5.32 Å². The second kappa shape index (κ2) is 9.05. The monoisotopic (exact) mass is 410 g/mol. The Hall–Kier alpha value is -2.92. The fourth-order valence-electron chi connectivity index (χ4n) is 3.11. The molecule has 0 fully saturated rings. The first-order valence-corrected chi connectivity index (χ1v) is 9.90. The number of carbonyl (C=O) groups is 2. The molecule has 1 N–H and O–H groups in total. The van der Waals surface area contributed by atoms with Crippen molar-refractivity contribution in [2.24, 2.45) is 0 Å². The molecule has 29 heavy (non-hydrogen) atoms. The highest BCUT2D eigenvalue weighted by Crippen LogP contribution is 2.31. The number of rotatable bonds is 6. The zero-order valence-electron chi connectivity index (χ0n) is 16.7. The van der Waals surface area contributed by atoms with E-state index in [0.717, 1.165) is 12.0 Å². The van der Waals surface area contributed by atoms with Crippen molar-refractivity contribution in [3.8, 4) is 11.3 Å². The molecule has 0 spiro atoms. The average molecular weight is 411 g/mol. The maximum Gasteiger partial charge on any atom is 0.339 e. The summed E-state index contributed by atoms with van der Waals surface area (Å²) in [6.45, 7) is 5.37. The van der Waals surface area contributed by atoms with Gasteiger partial charge in [0.05, 0.1) is 16.8 Å². The molecular weight excluding hydrogens is 388 g/mol. The molecule has 0 unspecified atom stereocenters. The fourth-order valence-corrected chi connectivity index (χ4v) is 3.30. The molecular formula is C23H23ClN2O3. The van der Waals surface area contributed by atoms with Gasteiger partial charge in [0, 0.05) is 22.0 Å². The highest BCUT2D eigenvalue weighted by atomic mass is 35.5. The van der Waals surface area contributed by atoms with Crippen LogP contribution in [0.3, 0.4) is 0 Å². The van der Waals surface area contributed by atoms with Crippen LogP contribution in [0.4, 0.5) is 0 Å². The van der Waals surface area contributed by atoms with Gasteiger partial charge in [-0.25, -0.2) is 9.78 Å². The first-order chi connectivity index (χ1) is 13.9. The number of pyridine rings is 1. The zero-order valence-corrected chi connectivity index (χ0v) is 17.4. The molecule has 0 saturated carbocycles. The summed E-state index contributed by atoms with van der Waals surface area (Å²) in [5.74, 6) is -0.873. The van der Waals surface area contributed by atoms with Crippen LogP contribution in [-0.4, -0.2) is 29.5 Å². The third kappa shape index (κ3) is 4.74. The zero-order chi connectivity index (χ0) is 21.0. The van der Waals surface area contributed by atoms with Crippen molar-refractivity contribution < 1.29 is 14.3 Å². The number of amides is 1. The van der Waals surface area contributed by atoms with E-state index in [0.29, 0.717) is 32.7 Å². The van der Waals surface area contributed by atoms with Gasteiger partial charge in [0.15, 0.2) is 6.61 Å². The lowest BCUT2D eigenvalue weighted by Crippen LogP contribution is -2.35. The number of nitrogens with one attached hydrogen (secondary N) is 1. The summed E-state index contributed by atoms with van der Waals surface area (Å²) in [5, 5.41) is 4.06. The number of nitrogens with zero attached hydrogens (tertiary/aromatic N) is 1. The van der Waals surface area contributed by atoms with Gasteiger partial charge in [-0.3, -0.25) is 4.79 Å². The molecule has 1 amide bonds. The lowest BCUT2D eigenvalue weighted by Gasteiger charge is -2.15. The Morgan fingerprint density at radius 3 is 2.66 bits per heavy atom. The minimum absolute atomic E-state index is 0.0270. The summed E-state index contributed by atoms with van der Waals surface area (Å²) in [4.78, 5) is 29.7. The summed E-state index contributed by atoms with van der Waals surface area (Å²) in [5.41, 5.74) is 3.22. The third-order valence-corrected chi connectivity index (χ3v) is 5.03. The maximum atomic E-state index is 12.9.